The zero-order valence-corrected chi connectivity index (χ0v) is 8.24. The summed E-state index contributed by atoms with van der Waals surface area (Å²) in [4.78, 5) is 0. The topological polar surface area (TPSA) is 45.4 Å². The Morgan fingerprint density at radius 2 is 2.21 bits per heavy atom. The molecule has 3 nitrogen and oxygen atoms in total. The maximum absolute atomic E-state index is 9.52. The molecule has 14 heavy (non-hydrogen) atoms. The van der Waals surface area contributed by atoms with Gasteiger partial charge < -0.3 is 14.8 Å². The first-order valence-electron chi connectivity index (χ1n) is 4.61. The molecule has 1 aromatic heterocycles. The van der Waals surface area contributed by atoms with Gasteiger partial charge in [0.1, 0.15) is 5.76 Å². The molecular weight excluding hydrogens is 178 g/mol. The SMILES string of the molecule is CNC(C)c1cc2cccc(O)c2o1. The van der Waals surface area contributed by atoms with E-state index in [1.54, 1.807) is 12.1 Å². The summed E-state index contributed by atoms with van der Waals surface area (Å²) in [5.41, 5.74) is 0.560. The highest BCUT2D eigenvalue weighted by atomic mass is 16.4. The fourth-order valence-corrected chi connectivity index (χ4v) is 1.42. The van der Waals surface area contributed by atoms with E-state index in [9.17, 15) is 5.11 Å². The summed E-state index contributed by atoms with van der Waals surface area (Å²) in [5.74, 6) is 1.03. The number of hydrogen-bond donors (Lipinski definition) is 2. The summed E-state index contributed by atoms with van der Waals surface area (Å²) in [6.45, 7) is 2.01. The Bertz CT molecular complexity index is 447. The Hall–Kier alpha value is -1.48. The first kappa shape index (κ1) is 9.09. The third kappa shape index (κ3) is 1.36. The van der Waals surface area contributed by atoms with E-state index in [1.807, 2.05) is 26.1 Å². The van der Waals surface area contributed by atoms with Crippen LogP contribution in [0.2, 0.25) is 0 Å². The quantitative estimate of drug-likeness (QED) is 0.766. The molecule has 0 aliphatic heterocycles. The number of phenols is 1. The summed E-state index contributed by atoms with van der Waals surface area (Å²) < 4.78 is 5.54. The zero-order chi connectivity index (χ0) is 10.1. The van der Waals surface area contributed by atoms with Gasteiger partial charge in [0, 0.05) is 5.39 Å². The van der Waals surface area contributed by atoms with Crippen molar-refractivity contribution >= 4 is 11.0 Å². The van der Waals surface area contributed by atoms with Crippen molar-refractivity contribution in [1.82, 2.24) is 5.32 Å². The molecule has 2 N–H and O–H groups in total. The summed E-state index contributed by atoms with van der Waals surface area (Å²) in [5, 5.41) is 13.5. The molecule has 1 atom stereocenters. The first-order valence-corrected chi connectivity index (χ1v) is 4.61. The Kier molecular flexibility index (Phi) is 2.17. The molecule has 0 saturated carbocycles. The third-order valence-corrected chi connectivity index (χ3v) is 2.40. The molecule has 0 aliphatic rings. The van der Waals surface area contributed by atoms with Crippen molar-refractivity contribution in [3.8, 4) is 5.75 Å². The van der Waals surface area contributed by atoms with Crippen molar-refractivity contribution in [2.75, 3.05) is 7.05 Å². The fraction of sp³-hybridized carbons (Fsp3) is 0.273. The molecule has 1 aromatic carbocycles. The van der Waals surface area contributed by atoms with Gasteiger partial charge in [0.2, 0.25) is 0 Å². The maximum Gasteiger partial charge on any atom is 0.175 e. The van der Waals surface area contributed by atoms with Crippen molar-refractivity contribution in [1.29, 1.82) is 0 Å². The number of para-hydroxylation sites is 1. The Morgan fingerprint density at radius 1 is 1.43 bits per heavy atom. The molecule has 1 unspecified atom stereocenters. The molecule has 2 rings (SSSR count). The Balaban J connectivity index is 2.56. The highest BCUT2D eigenvalue weighted by Gasteiger charge is 2.11. The first-order chi connectivity index (χ1) is 6.72. The zero-order valence-electron chi connectivity index (χ0n) is 8.24. The van der Waals surface area contributed by atoms with Crippen molar-refractivity contribution in [2.45, 2.75) is 13.0 Å². The summed E-state index contributed by atoms with van der Waals surface area (Å²) in [6.07, 6.45) is 0. The Morgan fingerprint density at radius 3 is 2.86 bits per heavy atom. The molecule has 0 spiro atoms. The largest absolute Gasteiger partial charge is 0.504 e. The van der Waals surface area contributed by atoms with E-state index in [0.29, 0.717) is 5.58 Å². The molecule has 0 bridgehead atoms. The van der Waals surface area contributed by atoms with Gasteiger partial charge in [-0.05, 0) is 26.1 Å². The molecule has 0 saturated heterocycles. The lowest BCUT2D eigenvalue weighted by Gasteiger charge is -2.04. The molecule has 0 fully saturated rings. The van der Waals surface area contributed by atoms with Crippen LogP contribution in [0, 0.1) is 0 Å². The van der Waals surface area contributed by atoms with Gasteiger partial charge in [0.25, 0.3) is 0 Å². The Labute approximate surface area is 82.3 Å². The van der Waals surface area contributed by atoms with E-state index >= 15 is 0 Å². The standard InChI is InChI=1S/C11H13NO2/c1-7(12-2)10-6-8-4-3-5-9(13)11(8)14-10/h3-7,12-13H,1-2H3. The van der Waals surface area contributed by atoms with Gasteiger partial charge in [-0.1, -0.05) is 12.1 Å². The van der Waals surface area contributed by atoms with Crippen LogP contribution in [0.3, 0.4) is 0 Å². The molecule has 0 aliphatic carbocycles. The molecule has 0 radical (unpaired) electrons. The van der Waals surface area contributed by atoms with Gasteiger partial charge in [-0.3, -0.25) is 0 Å². The van der Waals surface area contributed by atoms with Crippen LogP contribution in [0.4, 0.5) is 0 Å². The van der Waals surface area contributed by atoms with Gasteiger partial charge in [0.05, 0.1) is 6.04 Å². The van der Waals surface area contributed by atoms with Crippen LogP contribution in [0.5, 0.6) is 5.75 Å². The number of furan rings is 1. The second kappa shape index (κ2) is 3.35. The van der Waals surface area contributed by atoms with E-state index in [4.69, 9.17) is 4.42 Å². The van der Waals surface area contributed by atoms with Gasteiger partial charge in [-0.2, -0.15) is 0 Å². The molecular formula is C11H13NO2. The van der Waals surface area contributed by atoms with Crippen LogP contribution in [0.15, 0.2) is 28.7 Å². The second-order valence-corrected chi connectivity index (χ2v) is 3.35. The van der Waals surface area contributed by atoms with E-state index in [2.05, 4.69) is 5.32 Å². The minimum Gasteiger partial charge on any atom is -0.504 e. The number of benzene rings is 1. The monoisotopic (exact) mass is 191 g/mol. The maximum atomic E-state index is 9.52. The number of rotatable bonds is 2. The van der Waals surface area contributed by atoms with E-state index in [0.717, 1.165) is 11.1 Å². The molecule has 74 valence electrons. The van der Waals surface area contributed by atoms with E-state index < -0.39 is 0 Å². The highest BCUT2D eigenvalue weighted by Crippen LogP contribution is 2.29. The average molecular weight is 191 g/mol. The molecule has 3 heteroatoms. The van der Waals surface area contributed by atoms with E-state index in [1.165, 1.54) is 0 Å². The lowest BCUT2D eigenvalue weighted by molar-refractivity contribution is 0.440. The molecule has 0 amide bonds. The van der Waals surface area contributed by atoms with Crippen molar-refractivity contribution in [3.63, 3.8) is 0 Å². The number of nitrogens with one attached hydrogen (secondary N) is 1. The third-order valence-electron chi connectivity index (χ3n) is 2.40. The smallest absolute Gasteiger partial charge is 0.175 e. The fourth-order valence-electron chi connectivity index (χ4n) is 1.42. The lowest BCUT2D eigenvalue weighted by Crippen LogP contribution is -2.10. The van der Waals surface area contributed by atoms with Gasteiger partial charge in [-0.15, -0.1) is 0 Å². The summed E-state index contributed by atoms with van der Waals surface area (Å²) in [7, 11) is 1.87. The lowest BCUT2D eigenvalue weighted by atomic mass is 10.2. The van der Waals surface area contributed by atoms with Crippen molar-refractivity contribution in [3.05, 3.63) is 30.0 Å². The number of fused-ring (bicyclic) bond motifs is 1. The molecule has 1 heterocycles. The van der Waals surface area contributed by atoms with Crippen LogP contribution in [-0.2, 0) is 0 Å². The van der Waals surface area contributed by atoms with Crippen molar-refractivity contribution < 1.29 is 9.52 Å². The van der Waals surface area contributed by atoms with E-state index in [-0.39, 0.29) is 11.8 Å². The van der Waals surface area contributed by atoms with Crippen molar-refractivity contribution in [2.24, 2.45) is 0 Å². The highest BCUT2D eigenvalue weighted by molar-refractivity contribution is 5.83. The minimum absolute atomic E-state index is 0.154. The summed E-state index contributed by atoms with van der Waals surface area (Å²) >= 11 is 0. The number of hydrogen-bond acceptors (Lipinski definition) is 3. The van der Waals surface area contributed by atoms with Gasteiger partial charge in [-0.25, -0.2) is 0 Å². The minimum atomic E-state index is 0.154. The molecule has 2 aromatic rings. The predicted molar refractivity (Wildman–Crippen MR) is 55.4 cm³/mol. The second-order valence-electron chi connectivity index (χ2n) is 3.35. The van der Waals surface area contributed by atoms with Crippen LogP contribution in [-0.4, -0.2) is 12.2 Å². The normalized spacial score (nSPS) is 13.3. The van der Waals surface area contributed by atoms with Gasteiger partial charge >= 0.3 is 0 Å². The number of phenolic OH excluding ortho intramolecular Hbond substituents is 1. The van der Waals surface area contributed by atoms with Crippen LogP contribution >= 0.6 is 0 Å². The van der Waals surface area contributed by atoms with Crippen LogP contribution in [0.1, 0.15) is 18.7 Å². The average Bonchev–Trinajstić information content (AvgIpc) is 2.62. The van der Waals surface area contributed by atoms with Crippen LogP contribution in [0.25, 0.3) is 11.0 Å². The van der Waals surface area contributed by atoms with Crippen LogP contribution < -0.4 is 5.32 Å². The predicted octanol–water partition coefficient (Wildman–Crippen LogP) is 2.42. The van der Waals surface area contributed by atoms with Gasteiger partial charge in [0.15, 0.2) is 11.3 Å². The number of aromatic hydroxyl groups is 1. The summed E-state index contributed by atoms with van der Waals surface area (Å²) in [6, 6.07) is 7.45.